The standard InChI is InChI=1S/C19H18N4O5/c24-17(5-6-18-22-19(23-28-18)13-2-1-7-20-11-13)21-8-9-25-14-3-4-15-16(10-14)27-12-26-15/h1-4,7,10-11H,5-6,8-9,12H2,(H,21,24). The van der Waals surface area contributed by atoms with E-state index in [2.05, 4.69) is 20.4 Å². The Morgan fingerprint density at radius 2 is 2.14 bits per heavy atom. The fourth-order valence-corrected chi connectivity index (χ4v) is 2.60. The predicted molar refractivity (Wildman–Crippen MR) is 96.9 cm³/mol. The molecule has 1 aromatic carbocycles. The Labute approximate surface area is 160 Å². The lowest BCUT2D eigenvalue weighted by molar-refractivity contribution is -0.121. The van der Waals surface area contributed by atoms with E-state index in [1.807, 2.05) is 6.07 Å². The number of hydrogen-bond donors (Lipinski definition) is 1. The number of amides is 1. The van der Waals surface area contributed by atoms with E-state index < -0.39 is 0 Å². The second-order valence-electron chi connectivity index (χ2n) is 5.97. The van der Waals surface area contributed by atoms with E-state index >= 15 is 0 Å². The smallest absolute Gasteiger partial charge is 0.231 e. The van der Waals surface area contributed by atoms with Crippen molar-refractivity contribution >= 4 is 5.91 Å². The zero-order valence-electron chi connectivity index (χ0n) is 15.0. The first kappa shape index (κ1) is 17.8. The van der Waals surface area contributed by atoms with Gasteiger partial charge in [0.2, 0.25) is 24.4 Å². The first-order chi connectivity index (χ1) is 13.8. The zero-order chi connectivity index (χ0) is 19.2. The molecular weight excluding hydrogens is 364 g/mol. The van der Waals surface area contributed by atoms with Gasteiger partial charge in [-0.2, -0.15) is 4.98 Å². The molecule has 0 fully saturated rings. The van der Waals surface area contributed by atoms with Crippen LogP contribution in [0, 0.1) is 0 Å². The van der Waals surface area contributed by atoms with Gasteiger partial charge in [-0.1, -0.05) is 5.16 Å². The molecule has 28 heavy (non-hydrogen) atoms. The second kappa shape index (κ2) is 8.38. The lowest BCUT2D eigenvalue weighted by Crippen LogP contribution is -2.28. The molecule has 0 spiro atoms. The third-order valence-corrected chi connectivity index (χ3v) is 3.99. The number of nitrogens with zero attached hydrogens (tertiary/aromatic N) is 3. The highest BCUT2D eigenvalue weighted by molar-refractivity contribution is 5.76. The lowest BCUT2D eigenvalue weighted by Gasteiger charge is -2.08. The second-order valence-corrected chi connectivity index (χ2v) is 5.97. The number of nitrogens with one attached hydrogen (secondary N) is 1. The summed E-state index contributed by atoms with van der Waals surface area (Å²) < 4.78 is 21.3. The summed E-state index contributed by atoms with van der Waals surface area (Å²) in [5, 5.41) is 6.70. The van der Waals surface area contributed by atoms with E-state index in [-0.39, 0.29) is 19.1 Å². The zero-order valence-corrected chi connectivity index (χ0v) is 15.0. The average Bonchev–Trinajstić information content (AvgIpc) is 3.39. The van der Waals surface area contributed by atoms with Crippen LogP contribution >= 0.6 is 0 Å². The highest BCUT2D eigenvalue weighted by atomic mass is 16.7. The van der Waals surface area contributed by atoms with Crippen molar-refractivity contribution < 1.29 is 23.5 Å². The minimum Gasteiger partial charge on any atom is -0.492 e. The topological polar surface area (TPSA) is 109 Å². The van der Waals surface area contributed by atoms with Crippen molar-refractivity contribution in [3.05, 3.63) is 48.6 Å². The van der Waals surface area contributed by atoms with Crippen LogP contribution in [-0.4, -0.2) is 41.0 Å². The number of rotatable bonds is 8. The van der Waals surface area contributed by atoms with Crippen molar-refractivity contribution in [2.75, 3.05) is 19.9 Å². The quantitative estimate of drug-likeness (QED) is 0.589. The number of benzene rings is 1. The third-order valence-electron chi connectivity index (χ3n) is 3.99. The minimum absolute atomic E-state index is 0.115. The van der Waals surface area contributed by atoms with Gasteiger partial charge in [-0.3, -0.25) is 9.78 Å². The van der Waals surface area contributed by atoms with Gasteiger partial charge in [-0.25, -0.2) is 0 Å². The van der Waals surface area contributed by atoms with Gasteiger partial charge in [0, 0.05) is 36.9 Å². The summed E-state index contributed by atoms with van der Waals surface area (Å²) in [7, 11) is 0. The summed E-state index contributed by atoms with van der Waals surface area (Å²) in [6.07, 6.45) is 3.94. The maximum absolute atomic E-state index is 12.0. The Hall–Kier alpha value is -3.62. The van der Waals surface area contributed by atoms with E-state index in [4.69, 9.17) is 18.7 Å². The Morgan fingerprint density at radius 3 is 3.04 bits per heavy atom. The Balaban J connectivity index is 1.17. The summed E-state index contributed by atoms with van der Waals surface area (Å²) in [4.78, 5) is 20.2. The number of aryl methyl sites for hydroxylation is 1. The molecule has 0 saturated heterocycles. The van der Waals surface area contributed by atoms with Gasteiger partial charge in [-0.05, 0) is 24.3 Å². The highest BCUT2D eigenvalue weighted by Crippen LogP contribution is 2.34. The van der Waals surface area contributed by atoms with E-state index in [9.17, 15) is 4.79 Å². The van der Waals surface area contributed by atoms with Crippen LogP contribution in [0.5, 0.6) is 17.2 Å². The van der Waals surface area contributed by atoms with E-state index in [0.29, 0.717) is 48.5 Å². The SMILES string of the molecule is O=C(CCc1nc(-c2cccnc2)no1)NCCOc1ccc2c(c1)OCO2. The molecule has 9 nitrogen and oxygen atoms in total. The molecule has 0 saturated carbocycles. The van der Waals surface area contributed by atoms with Gasteiger partial charge < -0.3 is 24.1 Å². The highest BCUT2D eigenvalue weighted by Gasteiger charge is 2.14. The van der Waals surface area contributed by atoms with Crippen LogP contribution in [0.25, 0.3) is 11.4 Å². The van der Waals surface area contributed by atoms with Crippen LogP contribution in [0.15, 0.2) is 47.2 Å². The summed E-state index contributed by atoms with van der Waals surface area (Å²) in [5.74, 6) is 2.77. The van der Waals surface area contributed by atoms with Crippen molar-refractivity contribution in [3.8, 4) is 28.6 Å². The fraction of sp³-hybridized carbons (Fsp3) is 0.263. The van der Waals surface area contributed by atoms with Gasteiger partial charge in [0.05, 0.1) is 6.54 Å². The van der Waals surface area contributed by atoms with E-state index in [1.54, 1.807) is 36.7 Å². The normalized spacial score (nSPS) is 12.0. The first-order valence-corrected chi connectivity index (χ1v) is 8.80. The molecule has 0 bridgehead atoms. The maximum atomic E-state index is 12.0. The van der Waals surface area contributed by atoms with Crippen LogP contribution in [0.4, 0.5) is 0 Å². The van der Waals surface area contributed by atoms with Crippen LogP contribution in [0.1, 0.15) is 12.3 Å². The molecule has 1 amide bonds. The number of carbonyl (C=O) groups is 1. The molecule has 0 atom stereocenters. The first-order valence-electron chi connectivity index (χ1n) is 8.80. The molecule has 144 valence electrons. The van der Waals surface area contributed by atoms with Gasteiger partial charge in [0.15, 0.2) is 11.5 Å². The number of ether oxygens (including phenoxy) is 3. The summed E-state index contributed by atoms with van der Waals surface area (Å²) >= 11 is 0. The summed E-state index contributed by atoms with van der Waals surface area (Å²) in [5.41, 5.74) is 0.766. The fourth-order valence-electron chi connectivity index (χ4n) is 2.60. The van der Waals surface area contributed by atoms with Crippen LogP contribution in [-0.2, 0) is 11.2 Å². The summed E-state index contributed by atoms with van der Waals surface area (Å²) in [6.45, 7) is 0.952. The predicted octanol–water partition coefficient (Wildman–Crippen LogP) is 1.99. The van der Waals surface area contributed by atoms with Gasteiger partial charge in [0.1, 0.15) is 12.4 Å². The van der Waals surface area contributed by atoms with Gasteiger partial charge in [-0.15, -0.1) is 0 Å². The molecule has 1 N–H and O–H groups in total. The number of hydrogen-bond acceptors (Lipinski definition) is 8. The molecular formula is C19H18N4O5. The number of aromatic nitrogens is 3. The van der Waals surface area contributed by atoms with E-state index in [0.717, 1.165) is 5.56 Å². The lowest BCUT2D eigenvalue weighted by atomic mass is 10.2. The summed E-state index contributed by atoms with van der Waals surface area (Å²) in [6, 6.07) is 8.99. The van der Waals surface area contributed by atoms with Crippen molar-refractivity contribution in [1.82, 2.24) is 20.4 Å². The minimum atomic E-state index is -0.115. The molecule has 0 radical (unpaired) electrons. The Kier molecular flexibility index (Phi) is 5.32. The van der Waals surface area contributed by atoms with Gasteiger partial charge in [0.25, 0.3) is 0 Å². The third kappa shape index (κ3) is 4.37. The number of carbonyl (C=O) groups excluding carboxylic acids is 1. The van der Waals surface area contributed by atoms with Crippen molar-refractivity contribution in [3.63, 3.8) is 0 Å². The Morgan fingerprint density at radius 1 is 1.21 bits per heavy atom. The number of fused-ring (bicyclic) bond motifs is 1. The molecule has 2 aromatic heterocycles. The largest absolute Gasteiger partial charge is 0.492 e. The molecule has 0 unspecified atom stereocenters. The molecule has 4 rings (SSSR count). The average molecular weight is 382 g/mol. The van der Waals surface area contributed by atoms with Crippen molar-refractivity contribution in [2.24, 2.45) is 0 Å². The maximum Gasteiger partial charge on any atom is 0.231 e. The van der Waals surface area contributed by atoms with Crippen LogP contribution in [0.3, 0.4) is 0 Å². The van der Waals surface area contributed by atoms with Crippen molar-refractivity contribution in [1.29, 1.82) is 0 Å². The monoisotopic (exact) mass is 382 g/mol. The Bertz CT molecular complexity index is 945. The molecule has 1 aliphatic rings. The van der Waals surface area contributed by atoms with Crippen LogP contribution < -0.4 is 19.5 Å². The van der Waals surface area contributed by atoms with Crippen molar-refractivity contribution in [2.45, 2.75) is 12.8 Å². The number of pyridine rings is 1. The molecule has 0 aliphatic carbocycles. The molecule has 3 heterocycles. The van der Waals surface area contributed by atoms with Crippen LogP contribution in [0.2, 0.25) is 0 Å². The molecule has 3 aromatic rings. The molecule has 1 aliphatic heterocycles. The van der Waals surface area contributed by atoms with Gasteiger partial charge >= 0.3 is 0 Å². The molecule has 9 heteroatoms. The van der Waals surface area contributed by atoms with E-state index in [1.165, 1.54) is 0 Å².